The Bertz CT molecular complexity index is 1090. The molecule has 7 heteroatoms. The molecule has 4 rings (SSSR count). The molecule has 0 saturated heterocycles. The number of nitriles is 1. The van der Waals surface area contributed by atoms with Crippen LogP contribution in [0.25, 0.3) is 0 Å². The number of nitrogens with one attached hydrogen (secondary N) is 2. The summed E-state index contributed by atoms with van der Waals surface area (Å²) in [7, 11) is 0. The van der Waals surface area contributed by atoms with Crippen molar-refractivity contribution in [2.75, 3.05) is 5.32 Å². The fraction of sp³-hybridized carbons (Fsp3) is 0.227. The van der Waals surface area contributed by atoms with Gasteiger partial charge in [-0.25, -0.2) is 9.78 Å². The molecule has 2 N–H and O–H groups in total. The molecule has 1 aliphatic rings. The van der Waals surface area contributed by atoms with E-state index < -0.39 is 0 Å². The third kappa shape index (κ3) is 4.58. The smallest absolute Gasteiger partial charge is 0.321 e. The van der Waals surface area contributed by atoms with E-state index in [9.17, 15) is 4.79 Å². The van der Waals surface area contributed by atoms with Crippen molar-refractivity contribution in [1.82, 2.24) is 10.3 Å². The van der Waals surface area contributed by atoms with Gasteiger partial charge in [-0.1, -0.05) is 35.9 Å². The molecular weight excluding hydrogens is 404 g/mol. The summed E-state index contributed by atoms with van der Waals surface area (Å²) in [4.78, 5) is 17.8. The molecule has 1 unspecified atom stereocenters. The number of hydrogen-bond acceptors (Lipinski definition) is 4. The predicted octanol–water partition coefficient (Wildman–Crippen LogP) is 5.46. The fourth-order valence-corrected chi connectivity index (χ4v) is 4.63. The van der Waals surface area contributed by atoms with Gasteiger partial charge < -0.3 is 5.32 Å². The molecule has 1 aliphatic carbocycles. The highest BCUT2D eigenvalue weighted by Gasteiger charge is 2.22. The van der Waals surface area contributed by atoms with Crippen LogP contribution < -0.4 is 10.6 Å². The number of halogens is 1. The summed E-state index contributed by atoms with van der Waals surface area (Å²) in [5.74, 6) is 0. The van der Waals surface area contributed by atoms with Crippen molar-refractivity contribution in [3.05, 3.63) is 80.8 Å². The monoisotopic (exact) mass is 422 g/mol. The highest BCUT2D eigenvalue weighted by molar-refractivity contribution is 7.15. The molecule has 1 atom stereocenters. The number of thiazole rings is 1. The maximum absolute atomic E-state index is 12.5. The van der Waals surface area contributed by atoms with Gasteiger partial charge >= 0.3 is 6.03 Å². The van der Waals surface area contributed by atoms with Crippen LogP contribution in [0.1, 0.15) is 46.0 Å². The van der Waals surface area contributed by atoms with E-state index in [2.05, 4.69) is 21.7 Å². The lowest BCUT2D eigenvalue weighted by Crippen LogP contribution is -2.34. The van der Waals surface area contributed by atoms with Crippen molar-refractivity contribution in [2.24, 2.45) is 0 Å². The molecule has 3 aromatic rings. The zero-order valence-electron chi connectivity index (χ0n) is 15.6. The van der Waals surface area contributed by atoms with Gasteiger partial charge in [-0.15, -0.1) is 11.3 Å². The summed E-state index contributed by atoms with van der Waals surface area (Å²) in [5, 5.41) is 16.2. The number of fused-ring (bicyclic) bond motifs is 1. The van der Waals surface area contributed by atoms with Crippen LogP contribution in [0.4, 0.5) is 9.93 Å². The molecule has 5 nitrogen and oxygen atoms in total. The Morgan fingerprint density at radius 2 is 2.17 bits per heavy atom. The molecule has 0 bridgehead atoms. The SMILES string of the molecule is N#Cc1ccc2c(c1)CCCC2NC(=O)Nc1ncc(Cc2ccccc2Cl)s1. The number of nitrogens with zero attached hydrogens (tertiary/aromatic N) is 2. The molecule has 0 aliphatic heterocycles. The number of carbonyl (C=O) groups is 1. The van der Waals surface area contributed by atoms with Gasteiger partial charge in [-0.2, -0.15) is 5.26 Å². The lowest BCUT2D eigenvalue weighted by Gasteiger charge is -2.26. The second kappa shape index (κ2) is 8.64. The standard InChI is InChI=1S/C22H19ClN4OS/c23-19-6-2-1-4-16(19)11-17-13-25-22(29-17)27-21(28)26-20-7-3-5-15-10-14(12-24)8-9-18(15)20/h1-2,4,6,8-10,13,20H,3,5,7,11H2,(H2,25,26,27,28). The van der Waals surface area contributed by atoms with Gasteiger partial charge in [0.05, 0.1) is 17.7 Å². The Labute approximate surface area is 178 Å². The predicted molar refractivity (Wildman–Crippen MR) is 115 cm³/mol. The zero-order chi connectivity index (χ0) is 20.2. The lowest BCUT2D eigenvalue weighted by atomic mass is 9.87. The summed E-state index contributed by atoms with van der Waals surface area (Å²) in [6.07, 6.45) is 5.23. The highest BCUT2D eigenvalue weighted by Crippen LogP contribution is 2.31. The third-order valence-corrected chi connectivity index (χ3v) is 6.27. The van der Waals surface area contributed by atoms with Gasteiger partial charge in [0.1, 0.15) is 0 Å². The largest absolute Gasteiger partial charge is 0.331 e. The number of carbonyl (C=O) groups excluding carboxylic acids is 1. The molecule has 0 radical (unpaired) electrons. The van der Waals surface area contributed by atoms with Crippen LogP contribution in [0.15, 0.2) is 48.7 Å². The Balaban J connectivity index is 1.39. The molecule has 146 valence electrons. The van der Waals surface area contributed by atoms with E-state index in [1.807, 2.05) is 36.4 Å². The first kappa shape index (κ1) is 19.4. The molecule has 2 aromatic carbocycles. The van der Waals surface area contributed by atoms with Gasteiger partial charge in [0.2, 0.25) is 0 Å². The molecule has 0 saturated carbocycles. The Kier molecular flexibility index (Phi) is 5.79. The number of urea groups is 1. The first-order chi connectivity index (χ1) is 14.1. The topological polar surface area (TPSA) is 77.8 Å². The number of anilines is 1. The minimum atomic E-state index is -0.272. The summed E-state index contributed by atoms with van der Waals surface area (Å²) in [6.45, 7) is 0. The van der Waals surface area contributed by atoms with Crippen molar-refractivity contribution in [3.63, 3.8) is 0 Å². The number of amides is 2. The average molecular weight is 423 g/mol. The average Bonchev–Trinajstić information content (AvgIpc) is 3.16. The Morgan fingerprint density at radius 3 is 3.00 bits per heavy atom. The summed E-state index contributed by atoms with van der Waals surface area (Å²) in [6, 6.07) is 15.2. The maximum atomic E-state index is 12.5. The Morgan fingerprint density at radius 1 is 1.31 bits per heavy atom. The highest BCUT2D eigenvalue weighted by atomic mass is 35.5. The summed E-state index contributed by atoms with van der Waals surface area (Å²) in [5.41, 5.74) is 3.91. The number of benzene rings is 2. The van der Waals surface area contributed by atoms with Crippen LogP contribution in [0.5, 0.6) is 0 Å². The van der Waals surface area contributed by atoms with Gasteiger partial charge in [-0.3, -0.25) is 5.32 Å². The van der Waals surface area contributed by atoms with Crippen molar-refractivity contribution < 1.29 is 4.79 Å². The quantitative estimate of drug-likeness (QED) is 0.586. The Hall–Kier alpha value is -2.88. The van der Waals surface area contributed by atoms with Crippen LogP contribution in [0.2, 0.25) is 5.02 Å². The van der Waals surface area contributed by atoms with Gasteiger partial charge in [0, 0.05) is 22.5 Å². The molecule has 1 heterocycles. The molecular formula is C22H19ClN4OS. The summed E-state index contributed by atoms with van der Waals surface area (Å²) < 4.78 is 0. The van der Waals surface area contributed by atoms with Crippen LogP contribution >= 0.6 is 22.9 Å². The molecule has 0 fully saturated rings. The third-order valence-electron chi connectivity index (χ3n) is 4.99. The number of aromatic nitrogens is 1. The van der Waals surface area contributed by atoms with Crippen LogP contribution in [0, 0.1) is 11.3 Å². The van der Waals surface area contributed by atoms with Crippen molar-refractivity contribution in [1.29, 1.82) is 5.26 Å². The molecule has 1 aromatic heterocycles. The van der Waals surface area contributed by atoms with Gasteiger partial charge in [0.25, 0.3) is 0 Å². The van der Waals surface area contributed by atoms with Crippen LogP contribution in [-0.4, -0.2) is 11.0 Å². The first-order valence-electron chi connectivity index (χ1n) is 9.41. The fourth-order valence-electron chi connectivity index (χ4n) is 3.60. The van der Waals surface area contributed by atoms with E-state index in [4.69, 9.17) is 16.9 Å². The lowest BCUT2D eigenvalue weighted by molar-refractivity contribution is 0.247. The van der Waals surface area contributed by atoms with E-state index >= 15 is 0 Å². The summed E-state index contributed by atoms with van der Waals surface area (Å²) >= 11 is 7.66. The van der Waals surface area contributed by atoms with E-state index in [-0.39, 0.29) is 12.1 Å². The van der Waals surface area contributed by atoms with Crippen molar-refractivity contribution >= 4 is 34.1 Å². The minimum absolute atomic E-state index is 0.0611. The van der Waals surface area contributed by atoms with E-state index in [1.165, 1.54) is 11.3 Å². The van der Waals surface area contributed by atoms with Crippen molar-refractivity contribution in [2.45, 2.75) is 31.7 Å². The maximum Gasteiger partial charge on any atom is 0.321 e. The van der Waals surface area contributed by atoms with E-state index in [0.717, 1.165) is 45.9 Å². The van der Waals surface area contributed by atoms with Crippen molar-refractivity contribution in [3.8, 4) is 6.07 Å². The molecule has 2 amide bonds. The second-order valence-corrected chi connectivity index (χ2v) is 8.49. The normalized spacial score (nSPS) is 15.2. The van der Waals surface area contributed by atoms with E-state index in [1.54, 1.807) is 12.3 Å². The number of aryl methyl sites for hydroxylation is 1. The van der Waals surface area contributed by atoms with E-state index in [0.29, 0.717) is 17.1 Å². The molecule has 0 spiro atoms. The number of rotatable bonds is 4. The number of hydrogen-bond donors (Lipinski definition) is 2. The van der Waals surface area contributed by atoms with Crippen LogP contribution in [0.3, 0.4) is 0 Å². The first-order valence-corrected chi connectivity index (χ1v) is 10.6. The van der Waals surface area contributed by atoms with Gasteiger partial charge in [0.15, 0.2) is 5.13 Å². The second-order valence-electron chi connectivity index (χ2n) is 6.97. The molecule has 29 heavy (non-hydrogen) atoms. The minimum Gasteiger partial charge on any atom is -0.331 e. The van der Waals surface area contributed by atoms with Crippen LogP contribution in [-0.2, 0) is 12.8 Å². The van der Waals surface area contributed by atoms with Gasteiger partial charge in [-0.05, 0) is 54.2 Å². The zero-order valence-corrected chi connectivity index (χ0v) is 17.2.